The van der Waals surface area contributed by atoms with Crippen molar-refractivity contribution >= 4 is 21.8 Å². The lowest BCUT2D eigenvalue weighted by atomic mass is 9.97. The van der Waals surface area contributed by atoms with E-state index < -0.39 is 0 Å². The van der Waals surface area contributed by atoms with E-state index in [9.17, 15) is 4.79 Å². The Hall–Kier alpha value is -0.870. The highest BCUT2D eigenvalue weighted by atomic mass is 79.9. The molecule has 2 rings (SSSR count). The Labute approximate surface area is 122 Å². The molecule has 0 bridgehead atoms. The maximum atomic E-state index is 11.6. The summed E-state index contributed by atoms with van der Waals surface area (Å²) in [5.74, 6) is 0.156. The van der Waals surface area contributed by atoms with Crippen LogP contribution in [0.25, 0.3) is 0 Å². The Morgan fingerprint density at radius 3 is 2.84 bits per heavy atom. The molecular formula is C15H20BrNO2. The van der Waals surface area contributed by atoms with E-state index in [1.165, 1.54) is 5.56 Å². The van der Waals surface area contributed by atoms with E-state index in [1.54, 1.807) is 0 Å². The molecule has 1 amide bonds. The van der Waals surface area contributed by atoms with Crippen LogP contribution in [-0.4, -0.2) is 18.6 Å². The normalized spacial score (nSPS) is 23.1. The van der Waals surface area contributed by atoms with Gasteiger partial charge < -0.3 is 10.1 Å². The monoisotopic (exact) mass is 325 g/mol. The van der Waals surface area contributed by atoms with Crippen LogP contribution in [0.4, 0.5) is 0 Å². The lowest BCUT2D eigenvalue weighted by Crippen LogP contribution is -2.39. The summed E-state index contributed by atoms with van der Waals surface area (Å²) < 4.78 is 6.88. The molecule has 0 radical (unpaired) electrons. The van der Waals surface area contributed by atoms with E-state index in [1.807, 2.05) is 19.1 Å². The van der Waals surface area contributed by atoms with Crippen molar-refractivity contribution in [1.82, 2.24) is 5.32 Å². The fourth-order valence-electron chi connectivity index (χ4n) is 2.36. The minimum Gasteiger partial charge on any atom is -0.373 e. The molecule has 3 nitrogen and oxygen atoms in total. The summed E-state index contributed by atoms with van der Waals surface area (Å²) >= 11 is 3.43. The summed E-state index contributed by atoms with van der Waals surface area (Å²) in [7, 11) is 0. The molecule has 0 aromatic heterocycles. The van der Waals surface area contributed by atoms with E-state index in [0.29, 0.717) is 13.0 Å². The van der Waals surface area contributed by atoms with Crippen molar-refractivity contribution < 1.29 is 9.53 Å². The highest BCUT2D eigenvalue weighted by Gasteiger charge is 2.24. The number of halogens is 1. The van der Waals surface area contributed by atoms with Gasteiger partial charge in [0.2, 0.25) is 5.91 Å². The summed E-state index contributed by atoms with van der Waals surface area (Å²) in [6.07, 6.45) is 3.36. The first kappa shape index (κ1) is 14.5. The van der Waals surface area contributed by atoms with Crippen molar-refractivity contribution in [2.75, 3.05) is 6.61 Å². The second-order valence-electron chi connectivity index (χ2n) is 4.95. The molecule has 0 unspecified atom stereocenters. The van der Waals surface area contributed by atoms with Crippen LogP contribution in [0.15, 0.2) is 28.7 Å². The predicted octanol–water partition coefficient (Wildman–Crippen LogP) is 3.59. The van der Waals surface area contributed by atoms with Crippen LogP contribution in [0.1, 0.15) is 44.3 Å². The van der Waals surface area contributed by atoms with Gasteiger partial charge in [-0.3, -0.25) is 4.79 Å². The molecule has 1 aromatic carbocycles. The Balaban J connectivity index is 1.93. The maximum Gasteiger partial charge on any atom is 0.220 e. The first-order valence-corrected chi connectivity index (χ1v) is 7.64. The van der Waals surface area contributed by atoms with E-state index in [4.69, 9.17) is 4.74 Å². The topological polar surface area (TPSA) is 38.3 Å². The van der Waals surface area contributed by atoms with Crippen molar-refractivity contribution in [3.05, 3.63) is 34.3 Å². The summed E-state index contributed by atoms with van der Waals surface area (Å²) in [4.78, 5) is 11.6. The lowest BCUT2D eigenvalue weighted by Gasteiger charge is -2.30. The van der Waals surface area contributed by atoms with E-state index in [-0.39, 0.29) is 18.1 Å². The van der Waals surface area contributed by atoms with Crippen LogP contribution < -0.4 is 5.32 Å². The van der Waals surface area contributed by atoms with Crippen molar-refractivity contribution in [3.63, 3.8) is 0 Å². The molecule has 19 heavy (non-hydrogen) atoms. The average molecular weight is 326 g/mol. The van der Waals surface area contributed by atoms with Gasteiger partial charge in [-0.1, -0.05) is 35.0 Å². The number of hydrogen-bond donors (Lipinski definition) is 1. The molecule has 1 saturated heterocycles. The Kier molecular flexibility index (Phi) is 5.40. The standard InChI is InChI=1S/C15H20BrNO2/c1-2-3-15(18)17-13-8-9-19-14(10-13)11-4-6-12(16)7-5-11/h4-7,13-14H,2-3,8-10H2,1H3,(H,17,18)/t13-,14-/m1/s1. The summed E-state index contributed by atoms with van der Waals surface area (Å²) in [5.41, 5.74) is 1.18. The molecule has 1 heterocycles. The average Bonchev–Trinajstić information content (AvgIpc) is 2.40. The minimum atomic E-state index is 0.0915. The van der Waals surface area contributed by atoms with Gasteiger partial charge in [0.1, 0.15) is 0 Å². The molecule has 0 aliphatic carbocycles. The molecule has 1 N–H and O–H groups in total. The molecule has 1 fully saturated rings. The number of carbonyl (C=O) groups is 1. The van der Waals surface area contributed by atoms with Crippen molar-refractivity contribution in [3.8, 4) is 0 Å². The summed E-state index contributed by atoms with van der Waals surface area (Å²) in [6, 6.07) is 8.44. The smallest absolute Gasteiger partial charge is 0.220 e. The van der Waals surface area contributed by atoms with Crippen LogP contribution >= 0.6 is 15.9 Å². The number of hydrogen-bond acceptors (Lipinski definition) is 2. The maximum absolute atomic E-state index is 11.6. The molecule has 0 spiro atoms. The van der Waals surface area contributed by atoms with Gasteiger partial charge in [0, 0.05) is 23.5 Å². The highest BCUT2D eigenvalue weighted by molar-refractivity contribution is 9.10. The highest BCUT2D eigenvalue weighted by Crippen LogP contribution is 2.29. The number of carbonyl (C=O) groups excluding carboxylic acids is 1. The SMILES string of the molecule is CCCC(=O)N[C@@H]1CCO[C@@H](c2ccc(Br)cc2)C1. The van der Waals surface area contributed by atoms with Crippen LogP contribution in [-0.2, 0) is 9.53 Å². The fourth-order valence-corrected chi connectivity index (χ4v) is 2.63. The zero-order valence-corrected chi connectivity index (χ0v) is 12.8. The first-order valence-electron chi connectivity index (χ1n) is 6.85. The van der Waals surface area contributed by atoms with Gasteiger partial charge in [0.15, 0.2) is 0 Å². The number of benzene rings is 1. The third-order valence-corrected chi connectivity index (χ3v) is 3.90. The van der Waals surface area contributed by atoms with Gasteiger partial charge in [0.05, 0.1) is 6.10 Å². The number of amides is 1. The van der Waals surface area contributed by atoms with Gasteiger partial charge in [0.25, 0.3) is 0 Å². The Morgan fingerprint density at radius 1 is 1.42 bits per heavy atom. The van der Waals surface area contributed by atoms with Gasteiger partial charge in [-0.25, -0.2) is 0 Å². The van der Waals surface area contributed by atoms with E-state index in [0.717, 1.165) is 23.7 Å². The van der Waals surface area contributed by atoms with Crippen LogP contribution in [0.2, 0.25) is 0 Å². The first-order chi connectivity index (χ1) is 9.19. The number of rotatable bonds is 4. The van der Waals surface area contributed by atoms with Gasteiger partial charge in [-0.2, -0.15) is 0 Å². The van der Waals surface area contributed by atoms with Crippen LogP contribution in [0.3, 0.4) is 0 Å². The van der Waals surface area contributed by atoms with Crippen molar-refractivity contribution in [2.45, 2.75) is 44.8 Å². The van der Waals surface area contributed by atoms with Gasteiger partial charge >= 0.3 is 0 Å². The van der Waals surface area contributed by atoms with Crippen molar-refractivity contribution in [2.24, 2.45) is 0 Å². The summed E-state index contributed by atoms with van der Waals surface area (Å²) in [5, 5.41) is 3.10. The van der Waals surface area contributed by atoms with Crippen molar-refractivity contribution in [1.29, 1.82) is 0 Å². The largest absolute Gasteiger partial charge is 0.373 e. The quantitative estimate of drug-likeness (QED) is 0.918. The third kappa shape index (κ3) is 4.32. The Morgan fingerprint density at radius 2 is 2.16 bits per heavy atom. The zero-order chi connectivity index (χ0) is 13.7. The van der Waals surface area contributed by atoms with Gasteiger partial charge in [-0.15, -0.1) is 0 Å². The Bertz CT molecular complexity index is 419. The van der Waals surface area contributed by atoms with E-state index in [2.05, 4.69) is 33.4 Å². The minimum absolute atomic E-state index is 0.0915. The predicted molar refractivity (Wildman–Crippen MR) is 78.9 cm³/mol. The summed E-state index contributed by atoms with van der Waals surface area (Å²) in [6.45, 7) is 2.73. The van der Waals surface area contributed by atoms with Gasteiger partial charge in [-0.05, 0) is 37.0 Å². The molecule has 104 valence electrons. The molecule has 1 aliphatic rings. The second kappa shape index (κ2) is 7.06. The molecular weight excluding hydrogens is 306 g/mol. The fraction of sp³-hybridized carbons (Fsp3) is 0.533. The molecule has 1 aliphatic heterocycles. The molecule has 4 heteroatoms. The van der Waals surface area contributed by atoms with Crippen LogP contribution in [0, 0.1) is 0 Å². The molecule has 1 aromatic rings. The molecule has 2 atom stereocenters. The lowest BCUT2D eigenvalue weighted by molar-refractivity contribution is -0.122. The van der Waals surface area contributed by atoms with Crippen LogP contribution in [0.5, 0.6) is 0 Å². The third-order valence-electron chi connectivity index (χ3n) is 3.37. The second-order valence-corrected chi connectivity index (χ2v) is 5.87. The molecule has 0 saturated carbocycles. The van der Waals surface area contributed by atoms with E-state index >= 15 is 0 Å². The zero-order valence-electron chi connectivity index (χ0n) is 11.2. The number of ether oxygens (including phenoxy) is 1. The number of nitrogens with one attached hydrogen (secondary N) is 1.